The fourth-order valence-corrected chi connectivity index (χ4v) is 2.71. The molecule has 25 heavy (non-hydrogen) atoms. The number of benzene rings is 2. The summed E-state index contributed by atoms with van der Waals surface area (Å²) >= 11 is 2.13. The molecule has 0 fully saturated rings. The van der Waals surface area contributed by atoms with Gasteiger partial charge < -0.3 is 9.64 Å². The Labute approximate surface area is 159 Å². The predicted molar refractivity (Wildman–Crippen MR) is 102 cm³/mol. The Morgan fingerprint density at radius 1 is 1.28 bits per heavy atom. The molecule has 0 aliphatic heterocycles. The molecule has 0 bridgehead atoms. The number of carbonyl (C=O) groups is 1. The van der Waals surface area contributed by atoms with E-state index in [0.29, 0.717) is 12.4 Å². The van der Waals surface area contributed by atoms with Gasteiger partial charge in [-0.25, -0.2) is 4.39 Å². The molecule has 0 N–H and O–H groups in total. The third kappa shape index (κ3) is 5.29. The number of carbonyl (C=O) groups excluding carboxylic acids is 1. The molecule has 0 aliphatic rings. The smallest absolute Gasteiger partial charge is 0.264 e. The second-order valence-electron chi connectivity index (χ2n) is 5.47. The van der Waals surface area contributed by atoms with Gasteiger partial charge in [-0.2, -0.15) is 5.26 Å². The van der Waals surface area contributed by atoms with Crippen LogP contribution in [-0.2, 0) is 11.4 Å². The summed E-state index contributed by atoms with van der Waals surface area (Å²) in [4.78, 5) is 13.3. The van der Waals surface area contributed by atoms with Crippen LogP contribution < -0.4 is 4.74 Å². The third-order valence-electron chi connectivity index (χ3n) is 3.33. The predicted octanol–water partition coefficient (Wildman–Crippen LogP) is 4.00. The molecule has 2 rings (SSSR count). The van der Waals surface area contributed by atoms with Crippen LogP contribution >= 0.6 is 22.6 Å². The topological polar surface area (TPSA) is 53.3 Å². The van der Waals surface area contributed by atoms with E-state index in [9.17, 15) is 9.18 Å². The van der Waals surface area contributed by atoms with Crippen molar-refractivity contribution in [2.24, 2.45) is 0 Å². The van der Waals surface area contributed by atoms with Gasteiger partial charge in [-0.1, -0.05) is 18.2 Å². The summed E-state index contributed by atoms with van der Waals surface area (Å²) in [5, 5.41) is 9.14. The van der Waals surface area contributed by atoms with Gasteiger partial charge >= 0.3 is 0 Å². The maximum atomic E-state index is 12.9. The lowest BCUT2D eigenvalue weighted by molar-refractivity contribution is -0.124. The molecule has 6 heteroatoms. The normalized spacial score (nSPS) is 10.9. The van der Waals surface area contributed by atoms with Crippen LogP contribution in [0.15, 0.2) is 48.0 Å². The number of ether oxygens (including phenoxy) is 1. The Bertz CT molecular complexity index is 839. The standard InChI is InChI=1S/C19H16FIN2O2/c1-23(2)19(24)15(11-22)9-14-5-8-18(17(21)10-14)25-12-13-3-6-16(20)7-4-13/h3-10H,12H2,1-2H3/b15-9-. The number of hydrogen-bond acceptors (Lipinski definition) is 3. The van der Waals surface area contributed by atoms with Crippen LogP contribution in [0, 0.1) is 20.7 Å². The van der Waals surface area contributed by atoms with Gasteiger partial charge in [-0.3, -0.25) is 4.79 Å². The van der Waals surface area contributed by atoms with E-state index >= 15 is 0 Å². The molecule has 0 spiro atoms. The Hall–Kier alpha value is -2.40. The summed E-state index contributed by atoms with van der Waals surface area (Å²) in [6.45, 7) is 0.327. The highest BCUT2D eigenvalue weighted by molar-refractivity contribution is 14.1. The highest BCUT2D eigenvalue weighted by atomic mass is 127. The summed E-state index contributed by atoms with van der Waals surface area (Å²) in [6, 6.07) is 13.4. The van der Waals surface area contributed by atoms with Crippen LogP contribution in [0.25, 0.3) is 6.08 Å². The van der Waals surface area contributed by atoms with E-state index in [2.05, 4.69) is 22.6 Å². The van der Waals surface area contributed by atoms with Gasteiger partial charge in [0.15, 0.2) is 0 Å². The van der Waals surface area contributed by atoms with Gasteiger partial charge in [0.1, 0.15) is 29.8 Å². The molecule has 0 aromatic heterocycles. The van der Waals surface area contributed by atoms with Crippen molar-refractivity contribution in [3.05, 3.63) is 68.6 Å². The van der Waals surface area contributed by atoms with Crippen molar-refractivity contribution in [3.63, 3.8) is 0 Å². The molecule has 0 saturated heterocycles. The minimum absolute atomic E-state index is 0.0702. The first-order valence-electron chi connectivity index (χ1n) is 7.41. The minimum Gasteiger partial charge on any atom is -0.488 e. The van der Waals surface area contributed by atoms with E-state index in [-0.39, 0.29) is 17.3 Å². The van der Waals surface area contributed by atoms with Crippen LogP contribution in [0.2, 0.25) is 0 Å². The maximum absolute atomic E-state index is 12.9. The van der Waals surface area contributed by atoms with Crippen molar-refractivity contribution < 1.29 is 13.9 Å². The van der Waals surface area contributed by atoms with Gasteiger partial charge in [-0.15, -0.1) is 0 Å². The number of nitriles is 1. The minimum atomic E-state index is -0.339. The quantitative estimate of drug-likeness (QED) is 0.393. The lowest BCUT2D eigenvalue weighted by Crippen LogP contribution is -2.22. The van der Waals surface area contributed by atoms with Crippen molar-refractivity contribution in [1.82, 2.24) is 4.90 Å². The van der Waals surface area contributed by atoms with Crippen LogP contribution in [-0.4, -0.2) is 24.9 Å². The number of halogens is 2. The molecule has 4 nitrogen and oxygen atoms in total. The fourth-order valence-electron chi connectivity index (χ4n) is 2.02. The number of likely N-dealkylation sites (N-methyl/N-ethyl adjacent to an activating group) is 1. The maximum Gasteiger partial charge on any atom is 0.264 e. The lowest BCUT2D eigenvalue weighted by Gasteiger charge is -2.10. The average Bonchev–Trinajstić information content (AvgIpc) is 2.59. The van der Waals surface area contributed by atoms with Crippen molar-refractivity contribution in [2.75, 3.05) is 14.1 Å². The highest BCUT2D eigenvalue weighted by Gasteiger charge is 2.11. The molecule has 0 unspecified atom stereocenters. The van der Waals surface area contributed by atoms with E-state index in [1.165, 1.54) is 17.0 Å². The Morgan fingerprint density at radius 2 is 1.96 bits per heavy atom. The monoisotopic (exact) mass is 450 g/mol. The van der Waals surface area contributed by atoms with E-state index in [4.69, 9.17) is 10.00 Å². The van der Waals surface area contributed by atoms with Crippen LogP contribution in [0.3, 0.4) is 0 Å². The first-order chi connectivity index (χ1) is 11.9. The SMILES string of the molecule is CN(C)C(=O)/C(C#N)=C\c1ccc(OCc2ccc(F)cc2)c(I)c1. The highest BCUT2D eigenvalue weighted by Crippen LogP contribution is 2.24. The molecule has 2 aromatic carbocycles. The number of rotatable bonds is 5. The molecule has 0 radical (unpaired) electrons. The zero-order valence-electron chi connectivity index (χ0n) is 13.8. The molecule has 2 aromatic rings. The van der Waals surface area contributed by atoms with Crippen molar-refractivity contribution in [3.8, 4) is 11.8 Å². The molecule has 0 aliphatic carbocycles. The number of hydrogen-bond donors (Lipinski definition) is 0. The second-order valence-corrected chi connectivity index (χ2v) is 6.64. The van der Waals surface area contributed by atoms with Crippen LogP contribution in [0.5, 0.6) is 5.75 Å². The van der Waals surface area contributed by atoms with Crippen molar-refractivity contribution in [2.45, 2.75) is 6.61 Å². The number of nitrogens with zero attached hydrogens (tertiary/aromatic N) is 2. The Kier molecular flexibility index (Phi) is 6.53. The van der Waals surface area contributed by atoms with E-state index in [0.717, 1.165) is 14.7 Å². The molecule has 128 valence electrons. The summed E-state index contributed by atoms with van der Waals surface area (Å²) in [6.07, 6.45) is 1.55. The first kappa shape index (κ1) is 18.9. The first-order valence-corrected chi connectivity index (χ1v) is 8.49. The van der Waals surface area contributed by atoms with Gasteiger partial charge in [0.25, 0.3) is 5.91 Å². The average molecular weight is 450 g/mol. The largest absolute Gasteiger partial charge is 0.488 e. The molecular formula is C19H16FIN2O2. The van der Waals surface area contributed by atoms with E-state index in [1.54, 1.807) is 44.4 Å². The van der Waals surface area contributed by atoms with E-state index in [1.807, 2.05) is 12.1 Å². The summed E-state index contributed by atoms with van der Waals surface area (Å²) < 4.78 is 19.5. The Balaban J connectivity index is 2.13. The molecule has 0 heterocycles. The second kappa shape index (κ2) is 8.62. The van der Waals surface area contributed by atoms with Gasteiger partial charge in [0.2, 0.25) is 0 Å². The number of amides is 1. The lowest BCUT2D eigenvalue weighted by atomic mass is 10.1. The third-order valence-corrected chi connectivity index (χ3v) is 4.17. The van der Waals surface area contributed by atoms with Gasteiger partial charge in [-0.05, 0) is 64.1 Å². The molecule has 0 atom stereocenters. The summed E-state index contributed by atoms with van der Waals surface area (Å²) in [5.74, 6) is 0.0590. The zero-order valence-corrected chi connectivity index (χ0v) is 16.0. The Morgan fingerprint density at radius 3 is 2.52 bits per heavy atom. The van der Waals surface area contributed by atoms with Gasteiger partial charge in [0, 0.05) is 14.1 Å². The fraction of sp³-hybridized carbons (Fsp3) is 0.158. The molecular weight excluding hydrogens is 434 g/mol. The molecule has 1 amide bonds. The van der Waals surface area contributed by atoms with Crippen LogP contribution in [0.4, 0.5) is 4.39 Å². The van der Waals surface area contributed by atoms with Crippen LogP contribution in [0.1, 0.15) is 11.1 Å². The summed E-state index contributed by atoms with van der Waals surface area (Å²) in [5.41, 5.74) is 1.68. The summed E-state index contributed by atoms with van der Waals surface area (Å²) in [7, 11) is 3.20. The van der Waals surface area contributed by atoms with Crippen molar-refractivity contribution >= 4 is 34.6 Å². The van der Waals surface area contributed by atoms with E-state index < -0.39 is 0 Å². The zero-order chi connectivity index (χ0) is 18.4. The van der Waals surface area contributed by atoms with Gasteiger partial charge in [0.05, 0.1) is 3.57 Å². The molecule has 0 saturated carbocycles. The van der Waals surface area contributed by atoms with Crippen molar-refractivity contribution in [1.29, 1.82) is 5.26 Å².